The molecule has 0 atom stereocenters. The van der Waals surface area contributed by atoms with Gasteiger partial charge < -0.3 is 9.26 Å². The van der Waals surface area contributed by atoms with Crippen LogP contribution in [0.25, 0.3) is 17.1 Å². The summed E-state index contributed by atoms with van der Waals surface area (Å²) in [6, 6.07) is 6.12. The Bertz CT molecular complexity index is 797. The summed E-state index contributed by atoms with van der Waals surface area (Å²) in [5.74, 6) is 2.60. The van der Waals surface area contributed by atoms with Gasteiger partial charge in [0.2, 0.25) is 0 Å². The monoisotopic (exact) mass is 281 g/mol. The highest BCUT2D eigenvalue weighted by atomic mass is 16.5. The van der Waals surface area contributed by atoms with E-state index in [9.17, 15) is 0 Å². The highest BCUT2D eigenvalue weighted by Gasteiger charge is 2.21. The SMILES string of the molecule is Cc1noc(C)c1-c1nccn1-c1cccc2c1CCO2. The molecule has 0 bridgehead atoms. The van der Waals surface area contributed by atoms with Crippen LogP contribution < -0.4 is 4.74 Å². The lowest BCUT2D eigenvalue weighted by Crippen LogP contribution is -2.00. The fourth-order valence-corrected chi connectivity index (χ4v) is 2.91. The van der Waals surface area contributed by atoms with Crippen molar-refractivity contribution in [2.45, 2.75) is 20.3 Å². The molecule has 0 fully saturated rings. The van der Waals surface area contributed by atoms with Crippen molar-refractivity contribution in [3.8, 4) is 22.8 Å². The normalized spacial score (nSPS) is 13.2. The largest absolute Gasteiger partial charge is 0.493 e. The first-order valence-electron chi connectivity index (χ1n) is 6.97. The Labute approximate surface area is 122 Å². The van der Waals surface area contributed by atoms with Crippen LogP contribution in [-0.2, 0) is 6.42 Å². The third-order valence-electron chi connectivity index (χ3n) is 3.88. The molecule has 1 aromatic carbocycles. The average molecular weight is 281 g/mol. The van der Waals surface area contributed by atoms with Crippen LogP contribution in [0, 0.1) is 13.8 Å². The van der Waals surface area contributed by atoms with Crippen LogP contribution >= 0.6 is 0 Å². The zero-order chi connectivity index (χ0) is 14.4. The number of hydrogen-bond acceptors (Lipinski definition) is 4. The quantitative estimate of drug-likeness (QED) is 0.724. The molecular formula is C16H15N3O2. The van der Waals surface area contributed by atoms with E-state index in [-0.39, 0.29) is 0 Å². The molecule has 3 heterocycles. The lowest BCUT2D eigenvalue weighted by Gasteiger charge is -2.11. The topological polar surface area (TPSA) is 53.1 Å². The predicted molar refractivity (Wildman–Crippen MR) is 77.7 cm³/mol. The zero-order valence-corrected chi connectivity index (χ0v) is 12.0. The molecule has 0 amide bonds. The number of ether oxygens (including phenoxy) is 1. The Hall–Kier alpha value is -2.56. The molecule has 5 heteroatoms. The fraction of sp³-hybridized carbons (Fsp3) is 0.250. The number of imidazole rings is 1. The van der Waals surface area contributed by atoms with Gasteiger partial charge in [0.1, 0.15) is 17.3 Å². The van der Waals surface area contributed by atoms with Crippen molar-refractivity contribution in [2.75, 3.05) is 6.61 Å². The molecule has 1 aliphatic heterocycles. The fourth-order valence-electron chi connectivity index (χ4n) is 2.91. The average Bonchev–Trinajstić information content (AvgIpc) is 3.18. The summed E-state index contributed by atoms with van der Waals surface area (Å²) in [7, 11) is 0. The van der Waals surface area contributed by atoms with E-state index in [0.717, 1.165) is 47.3 Å². The first-order chi connectivity index (χ1) is 10.3. The van der Waals surface area contributed by atoms with Crippen LogP contribution in [0.4, 0.5) is 0 Å². The minimum absolute atomic E-state index is 0.738. The second-order valence-corrected chi connectivity index (χ2v) is 5.17. The van der Waals surface area contributed by atoms with Crippen LogP contribution in [-0.4, -0.2) is 21.3 Å². The van der Waals surface area contributed by atoms with Gasteiger partial charge in [0, 0.05) is 24.4 Å². The number of hydrogen-bond donors (Lipinski definition) is 0. The number of benzene rings is 1. The molecule has 106 valence electrons. The summed E-state index contributed by atoms with van der Waals surface area (Å²) >= 11 is 0. The van der Waals surface area contributed by atoms with Gasteiger partial charge in [-0.05, 0) is 26.0 Å². The van der Waals surface area contributed by atoms with Gasteiger partial charge >= 0.3 is 0 Å². The van der Waals surface area contributed by atoms with E-state index in [0.29, 0.717) is 0 Å². The van der Waals surface area contributed by atoms with E-state index >= 15 is 0 Å². The number of nitrogens with zero attached hydrogens (tertiary/aromatic N) is 3. The molecule has 2 aromatic heterocycles. The number of aryl methyl sites for hydroxylation is 2. The maximum atomic E-state index is 5.65. The molecule has 0 N–H and O–H groups in total. The Morgan fingerprint density at radius 3 is 2.95 bits per heavy atom. The second-order valence-electron chi connectivity index (χ2n) is 5.17. The summed E-state index contributed by atoms with van der Waals surface area (Å²) in [4.78, 5) is 4.50. The molecule has 4 rings (SSSR count). The van der Waals surface area contributed by atoms with Gasteiger partial charge in [-0.3, -0.25) is 4.57 Å². The minimum atomic E-state index is 0.738. The lowest BCUT2D eigenvalue weighted by atomic mass is 10.1. The van der Waals surface area contributed by atoms with Crippen LogP contribution in [0.2, 0.25) is 0 Å². The van der Waals surface area contributed by atoms with Gasteiger partial charge in [0.25, 0.3) is 0 Å². The van der Waals surface area contributed by atoms with Gasteiger partial charge in [-0.1, -0.05) is 11.2 Å². The molecule has 0 aliphatic carbocycles. The van der Waals surface area contributed by atoms with Crippen LogP contribution in [0.1, 0.15) is 17.0 Å². The zero-order valence-electron chi connectivity index (χ0n) is 12.0. The molecule has 0 spiro atoms. The van der Waals surface area contributed by atoms with Gasteiger partial charge in [-0.15, -0.1) is 0 Å². The summed E-state index contributed by atoms with van der Waals surface area (Å²) in [5, 5.41) is 4.03. The highest BCUT2D eigenvalue weighted by molar-refractivity contribution is 5.65. The number of rotatable bonds is 2. The molecule has 5 nitrogen and oxygen atoms in total. The summed E-state index contributed by atoms with van der Waals surface area (Å²) < 4.78 is 13.0. The smallest absolute Gasteiger partial charge is 0.149 e. The van der Waals surface area contributed by atoms with E-state index < -0.39 is 0 Å². The van der Waals surface area contributed by atoms with Gasteiger partial charge in [0.05, 0.1) is 23.6 Å². The van der Waals surface area contributed by atoms with E-state index in [4.69, 9.17) is 9.26 Å². The van der Waals surface area contributed by atoms with Gasteiger partial charge in [0.15, 0.2) is 0 Å². The second kappa shape index (κ2) is 4.48. The molecule has 0 saturated heterocycles. The molecule has 1 aliphatic rings. The lowest BCUT2D eigenvalue weighted by molar-refractivity contribution is 0.357. The van der Waals surface area contributed by atoms with Crippen molar-refractivity contribution in [3.05, 3.63) is 47.6 Å². The van der Waals surface area contributed by atoms with Crippen LogP contribution in [0.5, 0.6) is 5.75 Å². The standard InChI is InChI=1S/C16H15N3O2/c1-10-15(11(2)21-18-10)16-17-7-8-19(16)13-4-3-5-14-12(13)6-9-20-14/h3-5,7-8H,6,9H2,1-2H3. The first kappa shape index (κ1) is 12.2. The highest BCUT2D eigenvalue weighted by Crippen LogP contribution is 2.34. The Morgan fingerprint density at radius 1 is 1.24 bits per heavy atom. The minimum Gasteiger partial charge on any atom is -0.493 e. The molecule has 21 heavy (non-hydrogen) atoms. The van der Waals surface area contributed by atoms with Gasteiger partial charge in [-0.25, -0.2) is 4.98 Å². The van der Waals surface area contributed by atoms with E-state index in [1.807, 2.05) is 32.2 Å². The Kier molecular flexibility index (Phi) is 2.60. The van der Waals surface area contributed by atoms with Gasteiger partial charge in [-0.2, -0.15) is 0 Å². The summed E-state index contributed by atoms with van der Waals surface area (Å²) in [6.07, 6.45) is 4.69. The third-order valence-corrected chi connectivity index (χ3v) is 3.88. The molecule has 0 radical (unpaired) electrons. The maximum absolute atomic E-state index is 5.65. The van der Waals surface area contributed by atoms with Crippen molar-refractivity contribution in [2.24, 2.45) is 0 Å². The van der Waals surface area contributed by atoms with Crippen LogP contribution in [0.15, 0.2) is 35.1 Å². The molecular weight excluding hydrogens is 266 g/mol. The van der Waals surface area contributed by atoms with E-state index in [2.05, 4.69) is 20.8 Å². The van der Waals surface area contributed by atoms with Crippen molar-refractivity contribution < 1.29 is 9.26 Å². The number of aromatic nitrogens is 3. The Morgan fingerprint density at radius 2 is 2.14 bits per heavy atom. The summed E-state index contributed by atoms with van der Waals surface area (Å²) in [5.41, 5.74) is 4.14. The Balaban J connectivity index is 1.93. The van der Waals surface area contributed by atoms with E-state index in [1.165, 1.54) is 5.56 Å². The molecule has 0 saturated carbocycles. The summed E-state index contributed by atoms with van der Waals surface area (Å²) in [6.45, 7) is 4.58. The van der Waals surface area contributed by atoms with Crippen LogP contribution in [0.3, 0.4) is 0 Å². The maximum Gasteiger partial charge on any atom is 0.149 e. The van der Waals surface area contributed by atoms with Crippen molar-refractivity contribution in [1.29, 1.82) is 0 Å². The molecule has 0 unspecified atom stereocenters. The van der Waals surface area contributed by atoms with E-state index in [1.54, 1.807) is 6.20 Å². The van der Waals surface area contributed by atoms with Crippen molar-refractivity contribution in [3.63, 3.8) is 0 Å². The molecule has 3 aromatic rings. The third kappa shape index (κ3) is 1.77. The van der Waals surface area contributed by atoms with Crippen molar-refractivity contribution in [1.82, 2.24) is 14.7 Å². The predicted octanol–water partition coefficient (Wildman–Crippen LogP) is 3.08. The van der Waals surface area contributed by atoms with Crippen molar-refractivity contribution >= 4 is 0 Å². The number of fused-ring (bicyclic) bond motifs is 1. The first-order valence-corrected chi connectivity index (χ1v) is 6.97.